The predicted molar refractivity (Wildman–Crippen MR) is 133 cm³/mol. The Bertz CT molecular complexity index is 1320. The summed E-state index contributed by atoms with van der Waals surface area (Å²) < 4.78 is 29.5. The van der Waals surface area contributed by atoms with Crippen LogP contribution in [0.15, 0.2) is 53.7 Å². The van der Waals surface area contributed by atoms with Gasteiger partial charge in [-0.25, -0.2) is 12.9 Å². The van der Waals surface area contributed by atoms with Crippen molar-refractivity contribution < 1.29 is 18.0 Å². The SMILES string of the molecule is CCN(CC)C(=O)c1cnn2ccc(C3CCN(S(=O)(=O)c4ccc(C(=O)NC)cc4)CC3)cc12. The first-order valence-corrected chi connectivity index (χ1v) is 13.3. The van der Waals surface area contributed by atoms with E-state index in [1.165, 1.54) is 35.6 Å². The highest BCUT2D eigenvalue weighted by atomic mass is 32.2. The van der Waals surface area contributed by atoms with Crippen LogP contribution >= 0.6 is 0 Å². The van der Waals surface area contributed by atoms with Gasteiger partial charge in [-0.3, -0.25) is 9.59 Å². The van der Waals surface area contributed by atoms with Crippen LogP contribution < -0.4 is 5.32 Å². The van der Waals surface area contributed by atoms with Gasteiger partial charge in [-0.1, -0.05) is 0 Å². The van der Waals surface area contributed by atoms with Crippen LogP contribution in [0.25, 0.3) is 5.52 Å². The minimum atomic E-state index is -3.64. The third-order valence-corrected chi connectivity index (χ3v) is 8.65. The average Bonchev–Trinajstić information content (AvgIpc) is 3.32. The number of hydrogen-bond acceptors (Lipinski definition) is 5. The summed E-state index contributed by atoms with van der Waals surface area (Å²) in [6.45, 7) is 5.98. The molecule has 0 radical (unpaired) electrons. The van der Waals surface area contributed by atoms with Crippen molar-refractivity contribution in [1.82, 2.24) is 24.1 Å². The number of amides is 2. The fraction of sp³-hybridized carbons (Fsp3) is 0.400. The van der Waals surface area contributed by atoms with Crippen LogP contribution in [-0.2, 0) is 10.0 Å². The van der Waals surface area contributed by atoms with Crippen LogP contribution in [0.1, 0.15) is 58.9 Å². The average molecular weight is 498 g/mol. The summed E-state index contributed by atoms with van der Waals surface area (Å²) in [5.74, 6) is -0.106. The van der Waals surface area contributed by atoms with Gasteiger partial charge in [-0.15, -0.1) is 0 Å². The van der Waals surface area contributed by atoms with Crippen LogP contribution in [0.5, 0.6) is 0 Å². The first-order valence-electron chi connectivity index (χ1n) is 11.9. The zero-order valence-corrected chi connectivity index (χ0v) is 21.1. The largest absolute Gasteiger partial charge is 0.355 e. The van der Waals surface area contributed by atoms with Crippen LogP contribution in [0, 0.1) is 0 Å². The van der Waals surface area contributed by atoms with Crippen LogP contribution in [-0.4, -0.2) is 72.3 Å². The van der Waals surface area contributed by atoms with Crippen LogP contribution in [0.3, 0.4) is 0 Å². The Morgan fingerprint density at radius 3 is 2.34 bits per heavy atom. The molecule has 0 aliphatic carbocycles. The normalized spacial score (nSPS) is 15.3. The number of benzene rings is 1. The van der Waals surface area contributed by atoms with Crippen molar-refractivity contribution in [3.8, 4) is 0 Å². The lowest BCUT2D eigenvalue weighted by atomic mass is 9.90. The number of pyridine rings is 1. The molecule has 1 saturated heterocycles. The Balaban J connectivity index is 1.49. The number of fused-ring (bicyclic) bond motifs is 1. The Kier molecular flexibility index (Phi) is 7.23. The Morgan fingerprint density at radius 2 is 1.74 bits per heavy atom. The standard InChI is InChI=1S/C25H31N5O4S/c1-4-28(5-2)25(32)22-17-27-30-15-12-20(16-23(22)30)18-10-13-29(14-11-18)35(33,34)21-8-6-19(7-9-21)24(31)26-3/h6-9,12,15-18H,4-5,10-11,13-14H2,1-3H3,(H,26,31). The minimum absolute atomic E-state index is 0.0366. The highest BCUT2D eigenvalue weighted by molar-refractivity contribution is 7.89. The molecule has 1 aliphatic rings. The van der Waals surface area contributed by atoms with Gasteiger partial charge in [0.1, 0.15) is 0 Å². The fourth-order valence-corrected chi connectivity index (χ4v) is 6.07. The summed E-state index contributed by atoms with van der Waals surface area (Å²) in [5, 5.41) is 6.86. The molecule has 186 valence electrons. The van der Waals surface area contributed by atoms with E-state index in [1.807, 2.05) is 32.2 Å². The highest BCUT2D eigenvalue weighted by Gasteiger charge is 2.30. The molecule has 2 amide bonds. The summed E-state index contributed by atoms with van der Waals surface area (Å²) in [6, 6.07) is 10.0. The number of nitrogens with one attached hydrogen (secondary N) is 1. The summed E-state index contributed by atoms with van der Waals surface area (Å²) in [5.41, 5.74) is 2.85. The second-order valence-corrected chi connectivity index (χ2v) is 10.5. The van der Waals surface area contributed by atoms with Crippen LogP contribution in [0.2, 0.25) is 0 Å². The van der Waals surface area contributed by atoms with Gasteiger partial charge in [0, 0.05) is 45.0 Å². The fourth-order valence-electron chi connectivity index (χ4n) is 4.60. The van der Waals surface area contributed by atoms with Crippen molar-refractivity contribution in [3.05, 3.63) is 65.5 Å². The molecule has 9 nitrogen and oxygen atoms in total. The number of carbonyl (C=O) groups excluding carboxylic acids is 2. The van der Waals surface area contributed by atoms with E-state index in [9.17, 15) is 18.0 Å². The first kappa shape index (κ1) is 24.9. The molecular formula is C25H31N5O4S. The molecule has 0 spiro atoms. The number of carbonyl (C=O) groups is 2. The molecule has 0 atom stereocenters. The van der Waals surface area contributed by atoms with Crippen molar-refractivity contribution in [2.45, 2.75) is 37.5 Å². The molecule has 0 bridgehead atoms. The van der Waals surface area contributed by atoms with Crippen LogP contribution in [0.4, 0.5) is 0 Å². The molecule has 35 heavy (non-hydrogen) atoms. The van der Waals surface area contributed by atoms with E-state index in [2.05, 4.69) is 10.4 Å². The molecule has 2 aromatic heterocycles. The molecule has 1 fully saturated rings. The lowest BCUT2D eigenvalue weighted by Gasteiger charge is -2.31. The van der Waals surface area contributed by atoms with Gasteiger partial charge in [0.05, 0.1) is 22.2 Å². The van der Waals surface area contributed by atoms with Gasteiger partial charge in [-0.2, -0.15) is 9.40 Å². The zero-order valence-electron chi connectivity index (χ0n) is 20.3. The third-order valence-electron chi connectivity index (χ3n) is 6.73. The van der Waals surface area contributed by atoms with Gasteiger partial charge >= 0.3 is 0 Å². The molecule has 3 aromatic rings. The molecule has 4 rings (SSSR count). The van der Waals surface area contributed by atoms with Gasteiger partial charge in [0.2, 0.25) is 10.0 Å². The zero-order chi connectivity index (χ0) is 25.2. The molecule has 1 aliphatic heterocycles. The van der Waals surface area contributed by atoms with Crippen molar-refractivity contribution in [3.63, 3.8) is 0 Å². The maximum absolute atomic E-state index is 13.1. The second kappa shape index (κ2) is 10.2. The van der Waals surface area contributed by atoms with E-state index in [4.69, 9.17) is 0 Å². The second-order valence-electron chi connectivity index (χ2n) is 8.61. The molecule has 1 N–H and O–H groups in total. The lowest BCUT2D eigenvalue weighted by molar-refractivity contribution is 0.0774. The lowest BCUT2D eigenvalue weighted by Crippen LogP contribution is -2.37. The Labute approximate surface area is 205 Å². The first-order chi connectivity index (χ1) is 16.8. The van der Waals surface area contributed by atoms with Gasteiger partial charge in [-0.05, 0) is 74.6 Å². The number of piperidine rings is 1. The van der Waals surface area contributed by atoms with Crippen molar-refractivity contribution in [2.75, 3.05) is 33.2 Å². The topological polar surface area (TPSA) is 104 Å². The molecule has 0 saturated carbocycles. The van der Waals surface area contributed by atoms with Crippen molar-refractivity contribution in [2.24, 2.45) is 0 Å². The van der Waals surface area contributed by atoms with Crippen molar-refractivity contribution in [1.29, 1.82) is 0 Å². The van der Waals surface area contributed by atoms with Gasteiger partial charge < -0.3 is 10.2 Å². The number of hydrogen-bond donors (Lipinski definition) is 1. The minimum Gasteiger partial charge on any atom is -0.355 e. The highest BCUT2D eigenvalue weighted by Crippen LogP contribution is 2.32. The summed E-state index contributed by atoms with van der Waals surface area (Å²) in [7, 11) is -2.11. The third kappa shape index (κ3) is 4.81. The molecular weight excluding hydrogens is 466 g/mol. The molecule has 1 aromatic carbocycles. The quantitative estimate of drug-likeness (QED) is 0.541. The predicted octanol–water partition coefficient (Wildman–Crippen LogP) is 2.74. The van der Waals surface area contributed by atoms with Crippen molar-refractivity contribution >= 4 is 27.4 Å². The number of sulfonamides is 1. The summed E-state index contributed by atoms with van der Waals surface area (Å²) >= 11 is 0. The number of aromatic nitrogens is 2. The van der Waals surface area contributed by atoms with Gasteiger partial charge in [0.25, 0.3) is 11.8 Å². The Morgan fingerprint density at radius 1 is 1.09 bits per heavy atom. The number of rotatable bonds is 7. The van der Waals surface area contributed by atoms with E-state index < -0.39 is 10.0 Å². The molecule has 3 heterocycles. The summed E-state index contributed by atoms with van der Waals surface area (Å²) in [4.78, 5) is 26.6. The maximum Gasteiger partial charge on any atom is 0.257 e. The van der Waals surface area contributed by atoms with E-state index in [0.29, 0.717) is 50.1 Å². The number of nitrogens with zero attached hydrogens (tertiary/aromatic N) is 4. The smallest absolute Gasteiger partial charge is 0.257 e. The van der Waals surface area contributed by atoms with E-state index in [1.54, 1.807) is 15.6 Å². The van der Waals surface area contributed by atoms with Gasteiger partial charge in [0.15, 0.2) is 0 Å². The summed E-state index contributed by atoms with van der Waals surface area (Å²) in [6.07, 6.45) is 4.84. The van der Waals surface area contributed by atoms with E-state index in [0.717, 1.165) is 11.1 Å². The maximum atomic E-state index is 13.1. The molecule has 0 unspecified atom stereocenters. The molecule has 10 heteroatoms. The monoisotopic (exact) mass is 497 g/mol. The van der Waals surface area contributed by atoms with E-state index >= 15 is 0 Å². The van der Waals surface area contributed by atoms with E-state index in [-0.39, 0.29) is 22.6 Å². The Hall–Kier alpha value is -3.24.